The first-order chi connectivity index (χ1) is 16.2. The Bertz CT molecular complexity index is 1040. The first kappa shape index (κ1) is 23.6. The van der Waals surface area contributed by atoms with Crippen molar-refractivity contribution in [2.24, 2.45) is 0 Å². The van der Waals surface area contributed by atoms with E-state index >= 15 is 0 Å². The maximum Gasteiger partial charge on any atom is 0.316 e. The van der Waals surface area contributed by atoms with Crippen LogP contribution in [0.15, 0.2) is 59.8 Å². The van der Waals surface area contributed by atoms with Gasteiger partial charge in [-0.05, 0) is 55.9 Å². The monoisotopic (exact) mass is 484 g/mol. The van der Waals surface area contributed by atoms with Gasteiger partial charge in [-0.3, -0.25) is 4.79 Å². The molecule has 0 radical (unpaired) electrons. The molecule has 1 aromatic heterocycles. The molecule has 6 nitrogen and oxygen atoms in total. The van der Waals surface area contributed by atoms with Crippen LogP contribution in [0.1, 0.15) is 43.5 Å². The van der Waals surface area contributed by atoms with Gasteiger partial charge in [0, 0.05) is 17.3 Å². The summed E-state index contributed by atoms with van der Waals surface area (Å²) in [5, 5.41) is 13.6. The van der Waals surface area contributed by atoms with Crippen molar-refractivity contribution in [3.05, 3.63) is 71.0 Å². The number of esters is 1. The molecule has 1 fully saturated rings. The van der Waals surface area contributed by atoms with E-state index in [2.05, 4.69) is 32.2 Å². The number of nitrogens with one attached hydrogen (secondary N) is 1. The maximum atomic E-state index is 12.4. The van der Waals surface area contributed by atoms with E-state index in [1.807, 2.05) is 42.5 Å². The SMILES string of the molecule is O=C(CSc1nnc(CNc2cccc(Cl)c2)n1CCc1ccccc1)OC1CCCCC1. The summed E-state index contributed by atoms with van der Waals surface area (Å²) in [5.74, 6) is 0.874. The lowest BCUT2D eigenvalue weighted by molar-refractivity contribution is -0.147. The van der Waals surface area contributed by atoms with E-state index in [9.17, 15) is 4.79 Å². The van der Waals surface area contributed by atoms with E-state index in [4.69, 9.17) is 16.3 Å². The van der Waals surface area contributed by atoms with Gasteiger partial charge in [-0.2, -0.15) is 0 Å². The van der Waals surface area contributed by atoms with Crippen molar-refractivity contribution in [3.8, 4) is 0 Å². The number of hydrogen-bond donors (Lipinski definition) is 1. The summed E-state index contributed by atoms with van der Waals surface area (Å²) in [6.07, 6.45) is 6.39. The molecular formula is C25H29ClN4O2S. The van der Waals surface area contributed by atoms with Crippen molar-refractivity contribution in [2.45, 2.75) is 62.9 Å². The number of aryl methyl sites for hydroxylation is 1. The van der Waals surface area contributed by atoms with Crippen LogP contribution in [0.4, 0.5) is 5.69 Å². The van der Waals surface area contributed by atoms with Crippen molar-refractivity contribution < 1.29 is 9.53 Å². The molecule has 0 aliphatic heterocycles. The molecule has 174 valence electrons. The Labute approximate surface area is 204 Å². The summed E-state index contributed by atoms with van der Waals surface area (Å²) >= 11 is 7.49. The van der Waals surface area contributed by atoms with Gasteiger partial charge >= 0.3 is 5.97 Å². The minimum atomic E-state index is -0.178. The quantitative estimate of drug-likeness (QED) is 0.291. The van der Waals surface area contributed by atoms with Crippen LogP contribution in [-0.2, 0) is 29.0 Å². The lowest BCUT2D eigenvalue weighted by atomic mass is 9.98. The third kappa shape index (κ3) is 7.24. The van der Waals surface area contributed by atoms with Crippen LogP contribution in [0, 0.1) is 0 Å². The molecule has 8 heteroatoms. The Morgan fingerprint density at radius 2 is 1.91 bits per heavy atom. The number of thioether (sulfide) groups is 1. The highest BCUT2D eigenvalue weighted by molar-refractivity contribution is 7.99. The Hall–Kier alpha value is -2.51. The van der Waals surface area contributed by atoms with Crippen LogP contribution in [0.25, 0.3) is 0 Å². The number of halogens is 1. The van der Waals surface area contributed by atoms with Gasteiger partial charge in [-0.15, -0.1) is 10.2 Å². The van der Waals surface area contributed by atoms with Gasteiger partial charge in [0.25, 0.3) is 0 Å². The van der Waals surface area contributed by atoms with E-state index in [1.54, 1.807) is 0 Å². The van der Waals surface area contributed by atoms with Crippen molar-refractivity contribution in [3.63, 3.8) is 0 Å². The number of ether oxygens (including phenoxy) is 1. The van der Waals surface area contributed by atoms with E-state index in [-0.39, 0.29) is 17.8 Å². The van der Waals surface area contributed by atoms with Crippen molar-refractivity contribution in [2.75, 3.05) is 11.1 Å². The molecule has 1 saturated carbocycles. The highest BCUT2D eigenvalue weighted by Crippen LogP contribution is 2.23. The molecule has 0 bridgehead atoms. The lowest BCUT2D eigenvalue weighted by Gasteiger charge is -2.21. The zero-order valence-corrected chi connectivity index (χ0v) is 20.2. The second kappa shape index (κ2) is 12.1. The first-order valence-electron chi connectivity index (χ1n) is 11.4. The largest absolute Gasteiger partial charge is 0.462 e. The predicted octanol–water partition coefficient (Wildman–Crippen LogP) is 5.75. The Morgan fingerprint density at radius 3 is 2.70 bits per heavy atom. The average Bonchev–Trinajstić information content (AvgIpc) is 3.23. The molecule has 4 rings (SSSR count). The van der Waals surface area contributed by atoms with Crippen LogP contribution in [0.3, 0.4) is 0 Å². The van der Waals surface area contributed by atoms with Gasteiger partial charge in [-0.1, -0.05) is 66.2 Å². The average molecular weight is 485 g/mol. The second-order valence-corrected chi connectivity index (χ2v) is 9.57. The van der Waals surface area contributed by atoms with Crippen LogP contribution >= 0.6 is 23.4 Å². The minimum absolute atomic E-state index is 0.0697. The highest BCUT2D eigenvalue weighted by Gasteiger charge is 2.19. The standard InChI is InChI=1S/C25H29ClN4O2S/c26-20-10-7-11-21(16-20)27-17-23-28-29-25(30(23)15-14-19-8-3-1-4-9-19)33-18-24(31)32-22-12-5-2-6-13-22/h1,3-4,7-11,16,22,27H,2,5-6,12-15,17-18H2. The summed E-state index contributed by atoms with van der Waals surface area (Å²) in [6.45, 7) is 1.23. The van der Waals surface area contributed by atoms with E-state index < -0.39 is 0 Å². The molecule has 1 aliphatic rings. The fourth-order valence-corrected chi connectivity index (χ4v) is 4.93. The molecule has 0 spiro atoms. The van der Waals surface area contributed by atoms with Crippen LogP contribution in [-0.4, -0.2) is 32.6 Å². The highest BCUT2D eigenvalue weighted by atomic mass is 35.5. The Morgan fingerprint density at radius 1 is 1.09 bits per heavy atom. The van der Waals surface area contributed by atoms with Gasteiger partial charge < -0.3 is 14.6 Å². The van der Waals surface area contributed by atoms with Crippen LogP contribution in [0.2, 0.25) is 5.02 Å². The molecule has 0 amide bonds. The van der Waals surface area contributed by atoms with E-state index in [0.717, 1.165) is 55.3 Å². The van der Waals surface area contributed by atoms with Crippen molar-refractivity contribution in [1.29, 1.82) is 0 Å². The molecule has 0 unspecified atom stereocenters. The molecule has 0 saturated heterocycles. The third-order valence-electron chi connectivity index (χ3n) is 5.71. The number of nitrogens with zero attached hydrogens (tertiary/aromatic N) is 3. The normalized spacial score (nSPS) is 14.2. The molecule has 2 aromatic carbocycles. The van der Waals surface area contributed by atoms with E-state index in [0.29, 0.717) is 11.6 Å². The summed E-state index contributed by atoms with van der Waals surface area (Å²) in [7, 11) is 0. The number of aromatic nitrogens is 3. The summed E-state index contributed by atoms with van der Waals surface area (Å²) in [5.41, 5.74) is 2.16. The Balaban J connectivity index is 1.41. The number of hydrogen-bond acceptors (Lipinski definition) is 6. The first-order valence-corrected chi connectivity index (χ1v) is 12.8. The lowest BCUT2D eigenvalue weighted by Crippen LogP contribution is -2.22. The smallest absolute Gasteiger partial charge is 0.316 e. The molecular weight excluding hydrogens is 456 g/mol. The molecule has 3 aromatic rings. The predicted molar refractivity (Wildman–Crippen MR) is 133 cm³/mol. The third-order valence-corrected chi connectivity index (χ3v) is 6.88. The number of anilines is 1. The topological polar surface area (TPSA) is 69.0 Å². The van der Waals surface area contributed by atoms with Crippen molar-refractivity contribution in [1.82, 2.24) is 14.8 Å². The molecule has 1 aliphatic carbocycles. The zero-order chi connectivity index (χ0) is 22.9. The van der Waals surface area contributed by atoms with Gasteiger partial charge in [0.2, 0.25) is 0 Å². The second-order valence-electron chi connectivity index (χ2n) is 8.19. The molecule has 1 N–H and O–H groups in total. The van der Waals surface area contributed by atoms with Gasteiger partial charge in [-0.25, -0.2) is 0 Å². The van der Waals surface area contributed by atoms with Gasteiger partial charge in [0.05, 0.1) is 12.3 Å². The number of carbonyl (C=O) groups is 1. The van der Waals surface area contributed by atoms with E-state index in [1.165, 1.54) is 23.7 Å². The summed E-state index contributed by atoms with van der Waals surface area (Å²) < 4.78 is 7.75. The van der Waals surface area contributed by atoms with Crippen LogP contribution < -0.4 is 5.32 Å². The number of rotatable bonds is 10. The van der Waals surface area contributed by atoms with Crippen molar-refractivity contribution >= 4 is 35.0 Å². The minimum Gasteiger partial charge on any atom is -0.462 e. The Kier molecular flexibility index (Phi) is 8.66. The summed E-state index contributed by atoms with van der Waals surface area (Å²) in [4.78, 5) is 12.4. The fourth-order valence-electron chi connectivity index (χ4n) is 3.97. The number of carbonyl (C=O) groups excluding carboxylic acids is 1. The summed E-state index contributed by atoms with van der Waals surface area (Å²) in [6, 6.07) is 17.9. The number of benzene rings is 2. The van der Waals surface area contributed by atoms with Gasteiger partial charge in [0.1, 0.15) is 6.10 Å². The molecule has 1 heterocycles. The molecule has 0 atom stereocenters. The fraction of sp³-hybridized carbons (Fsp3) is 0.400. The molecule has 33 heavy (non-hydrogen) atoms. The maximum absolute atomic E-state index is 12.4. The van der Waals surface area contributed by atoms with Crippen LogP contribution in [0.5, 0.6) is 0 Å². The zero-order valence-electron chi connectivity index (χ0n) is 18.6. The van der Waals surface area contributed by atoms with Gasteiger partial charge in [0.15, 0.2) is 11.0 Å².